The molecule has 2 aromatic rings. The highest BCUT2D eigenvalue weighted by Gasteiger charge is 2.13. The first-order valence-electron chi connectivity index (χ1n) is 6.50. The average molecular weight is 273 g/mol. The summed E-state index contributed by atoms with van der Waals surface area (Å²) in [6, 6.07) is 9.11. The van der Waals surface area contributed by atoms with Crippen LogP contribution in [0, 0.1) is 0 Å². The Morgan fingerprint density at radius 2 is 2.20 bits per heavy atom. The van der Waals surface area contributed by atoms with Crippen molar-refractivity contribution in [3.8, 4) is 0 Å². The van der Waals surface area contributed by atoms with Crippen molar-refractivity contribution in [1.82, 2.24) is 5.32 Å². The fourth-order valence-corrected chi connectivity index (χ4v) is 2.06. The first-order valence-corrected chi connectivity index (χ1v) is 6.50. The van der Waals surface area contributed by atoms with E-state index in [1.807, 2.05) is 19.1 Å². The molecule has 1 unspecified atom stereocenters. The van der Waals surface area contributed by atoms with Gasteiger partial charge in [0.25, 0.3) is 5.91 Å². The number of carbonyl (C=O) groups excluding carboxylic acids is 1. The summed E-state index contributed by atoms with van der Waals surface area (Å²) in [4.78, 5) is 11.8. The van der Waals surface area contributed by atoms with Crippen LogP contribution in [-0.4, -0.2) is 19.0 Å². The fourth-order valence-electron chi connectivity index (χ4n) is 2.06. The molecule has 5 nitrogen and oxygen atoms in total. The van der Waals surface area contributed by atoms with Gasteiger partial charge in [-0.25, -0.2) is 0 Å². The molecule has 0 saturated carbocycles. The fraction of sp³-hybridized carbons (Fsp3) is 0.267. The van der Waals surface area contributed by atoms with Gasteiger partial charge in [-0.05, 0) is 37.3 Å². The van der Waals surface area contributed by atoms with E-state index in [0.29, 0.717) is 11.3 Å². The second-order valence-corrected chi connectivity index (χ2v) is 4.71. The molecule has 2 rings (SSSR count). The Labute approximate surface area is 118 Å². The number of furan rings is 1. The lowest BCUT2D eigenvalue weighted by atomic mass is 10.1. The summed E-state index contributed by atoms with van der Waals surface area (Å²) >= 11 is 0. The van der Waals surface area contributed by atoms with E-state index in [2.05, 4.69) is 10.6 Å². The zero-order chi connectivity index (χ0) is 14.5. The Morgan fingerprint density at radius 1 is 1.40 bits per heavy atom. The molecule has 0 aliphatic carbocycles. The summed E-state index contributed by atoms with van der Waals surface area (Å²) in [6.07, 6.45) is 2.38. The maximum atomic E-state index is 11.8. The summed E-state index contributed by atoms with van der Waals surface area (Å²) in [5, 5.41) is 5.93. The molecule has 0 fully saturated rings. The van der Waals surface area contributed by atoms with Crippen molar-refractivity contribution < 1.29 is 9.21 Å². The van der Waals surface area contributed by atoms with Crippen LogP contribution in [-0.2, 0) is 6.42 Å². The highest BCUT2D eigenvalue weighted by atomic mass is 16.3. The predicted molar refractivity (Wildman–Crippen MR) is 79.7 cm³/mol. The Kier molecular flexibility index (Phi) is 4.30. The van der Waals surface area contributed by atoms with Gasteiger partial charge in [-0.3, -0.25) is 4.79 Å². The van der Waals surface area contributed by atoms with Crippen LogP contribution < -0.4 is 16.4 Å². The third-order valence-electron chi connectivity index (χ3n) is 3.00. The van der Waals surface area contributed by atoms with Crippen LogP contribution in [0.25, 0.3) is 0 Å². The van der Waals surface area contributed by atoms with Crippen molar-refractivity contribution in [2.45, 2.75) is 19.4 Å². The van der Waals surface area contributed by atoms with Gasteiger partial charge in [0.1, 0.15) is 5.76 Å². The third-order valence-corrected chi connectivity index (χ3v) is 3.00. The largest absolute Gasteiger partial charge is 0.469 e. The van der Waals surface area contributed by atoms with Crippen LogP contribution in [0.4, 0.5) is 11.4 Å². The standard InChI is InChI=1S/C15H19N3O2/c1-10(8-12-4-3-7-20-12)18-14-9-11(16)5-6-13(14)15(19)17-2/h3-7,9-10,18H,8,16H2,1-2H3,(H,17,19). The number of hydrogen-bond donors (Lipinski definition) is 3. The minimum Gasteiger partial charge on any atom is -0.469 e. The van der Waals surface area contributed by atoms with Gasteiger partial charge in [0.15, 0.2) is 0 Å². The van der Waals surface area contributed by atoms with Crippen molar-refractivity contribution in [1.29, 1.82) is 0 Å². The molecule has 1 heterocycles. The summed E-state index contributed by atoms with van der Waals surface area (Å²) in [7, 11) is 1.61. The zero-order valence-electron chi connectivity index (χ0n) is 11.6. The van der Waals surface area contributed by atoms with Gasteiger partial charge in [-0.1, -0.05) is 0 Å². The number of nitrogen functional groups attached to an aromatic ring is 1. The Bertz CT molecular complexity index is 579. The maximum Gasteiger partial charge on any atom is 0.253 e. The molecule has 1 atom stereocenters. The molecule has 0 bridgehead atoms. The van der Waals surface area contributed by atoms with Crippen molar-refractivity contribution >= 4 is 17.3 Å². The van der Waals surface area contributed by atoms with E-state index < -0.39 is 0 Å². The third kappa shape index (κ3) is 3.32. The first-order chi connectivity index (χ1) is 9.60. The highest BCUT2D eigenvalue weighted by molar-refractivity contribution is 6.00. The lowest BCUT2D eigenvalue weighted by Crippen LogP contribution is -2.23. The minimum absolute atomic E-state index is 0.117. The van der Waals surface area contributed by atoms with Gasteiger partial charge in [0, 0.05) is 30.9 Å². The minimum atomic E-state index is -0.141. The number of carbonyl (C=O) groups is 1. The number of anilines is 2. The number of nitrogens with two attached hydrogens (primary N) is 1. The number of amides is 1. The summed E-state index contributed by atoms with van der Waals surface area (Å²) in [5.74, 6) is 0.757. The van der Waals surface area contributed by atoms with Crippen molar-refractivity contribution in [3.05, 3.63) is 47.9 Å². The van der Waals surface area contributed by atoms with Crippen LogP contribution in [0.3, 0.4) is 0 Å². The lowest BCUT2D eigenvalue weighted by molar-refractivity contribution is 0.0964. The molecular weight excluding hydrogens is 254 g/mol. The molecule has 1 amide bonds. The van der Waals surface area contributed by atoms with E-state index in [0.717, 1.165) is 17.9 Å². The molecule has 5 heteroatoms. The number of nitrogens with one attached hydrogen (secondary N) is 2. The number of rotatable bonds is 5. The summed E-state index contributed by atoms with van der Waals surface area (Å²) < 4.78 is 5.32. The van der Waals surface area contributed by atoms with Crippen molar-refractivity contribution in [2.24, 2.45) is 0 Å². The average Bonchev–Trinajstić information content (AvgIpc) is 2.90. The van der Waals surface area contributed by atoms with Gasteiger partial charge < -0.3 is 20.8 Å². The highest BCUT2D eigenvalue weighted by Crippen LogP contribution is 2.21. The molecule has 20 heavy (non-hydrogen) atoms. The van der Waals surface area contributed by atoms with E-state index in [4.69, 9.17) is 10.2 Å². The van der Waals surface area contributed by atoms with Crippen LogP contribution in [0.5, 0.6) is 0 Å². The SMILES string of the molecule is CNC(=O)c1ccc(N)cc1NC(C)Cc1ccco1. The molecule has 0 aliphatic rings. The van der Waals surface area contributed by atoms with Gasteiger partial charge >= 0.3 is 0 Å². The molecule has 0 radical (unpaired) electrons. The molecular formula is C15H19N3O2. The van der Waals surface area contributed by atoms with E-state index >= 15 is 0 Å². The van der Waals surface area contributed by atoms with E-state index in [-0.39, 0.29) is 11.9 Å². The van der Waals surface area contributed by atoms with E-state index in [9.17, 15) is 4.79 Å². The maximum absolute atomic E-state index is 11.8. The molecule has 0 aliphatic heterocycles. The summed E-state index contributed by atoms with van der Waals surface area (Å²) in [5.41, 5.74) is 7.71. The quantitative estimate of drug-likeness (QED) is 0.730. The second kappa shape index (κ2) is 6.14. The topological polar surface area (TPSA) is 80.3 Å². The van der Waals surface area contributed by atoms with Crippen molar-refractivity contribution in [2.75, 3.05) is 18.1 Å². The Balaban J connectivity index is 2.15. The Hall–Kier alpha value is -2.43. The molecule has 0 saturated heterocycles. The lowest BCUT2D eigenvalue weighted by Gasteiger charge is -2.17. The van der Waals surface area contributed by atoms with Crippen LogP contribution in [0.15, 0.2) is 41.0 Å². The van der Waals surface area contributed by atoms with E-state index in [1.165, 1.54) is 0 Å². The second-order valence-electron chi connectivity index (χ2n) is 4.71. The van der Waals surface area contributed by atoms with E-state index in [1.54, 1.807) is 31.5 Å². The van der Waals surface area contributed by atoms with Gasteiger partial charge in [0.2, 0.25) is 0 Å². The Morgan fingerprint density at radius 3 is 2.85 bits per heavy atom. The monoisotopic (exact) mass is 273 g/mol. The summed E-state index contributed by atoms with van der Waals surface area (Å²) in [6.45, 7) is 2.03. The van der Waals surface area contributed by atoms with Gasteiger partial charge in [-0.2, -0.15) is 0 Å². The first kappa shape index (κ1) is 14.0. The number of hydrogen-bond acceptors (Lipinski definition) is 4. The molecule has 0 spiro atoms. The molecule has 1 aromatic carbocycles. The molecule has 106 valence electrons. The van der Waals surface area contributed by atoms with Crippen LogP contribution in [0.2, 0.25) is 0 Å². The normalized spacial score (nSPS) is 11.9. The van der Waals surface area contributed by atoms with Gasteiger partial charge in [-0.15, -0.1) is 0 Å². The van der Waals surface area contributed by atoms with Gasteiger partial charge in [0.05, 0.1) is 11.8 Å². The molecule has 4 N–H and O–H groups in total. The van der Waals surface area contributed by atoms with Crippen molar-refractivity contribution in [3.63, 3.8) is 0 Å². The molecule has 1 aromatic heterocycles. The smallest absolute Gasteiger partial charge is 0.253 e. The number of benzene rings is 1. The van der Waals surface area contributed by atoms with Crippen LogP contribution >= 0.6 is 0 Å². The van der Waals surface area contributed by atoms with Crippen LogP contribution in [0.1, 0.15) is 23.0 Å². The predicted octanol–water partition coefficient (Wildman–Crippen LogP) is 2.26. The zero-order valence-corrected chi connectivity index (χ0v) is 11.6.